The molecule has 0 fully saturated rings. The Morgan fingerprint density at radius 2 is 1.65 bits per heavy atom. The Labute approximate surface area is 156 Å². The normalized spacial score (nSPS) is 10.2. The Morgan fingerprint density at radius 1 is 1.04 bits per heavy atom. The Morgan fingerprint density at radius 3 is 2.23 bits per heavy atom. The van der Waals surface area contributed by atoms with Gasteiger partial charge in [-0.25, -0.2) is 0 Å². The summed E-state index contributed by atoms with van der Waals surface area (Å²) in [5, 5.41) is 5.77. The van der Waals surface area contributed by atoms with Crippen LogP contribution in [0.2, 0.25) is 5.02 Å². The number of ether oxygens (including phenoxy) is 1. The second-order valence-corrected chi connectivity index (χ2v) is 6.12. The molecule has 2 aromatic carbocycles. The summed E-state index contributed by atoms with van der Waals surface area (Å²) in [4.78, 5) is 35.4. The molecule has 0 saturated carbocycles. The van der Waals surface area contributed by atoms with E-state index >= 15 is 0 Å². The lowest BCUT2D eigenvalue weighted by Gasteiger charge is -2.12. The first-order valence-electron chi connectivity index (χ1n) is 7.85. The second-order valence-electron chi connectivity index (χ2n) is 5.71. The van der Waals surface area contributed by atoms with Crippen molar-refractivity contribution in [1.82, 2.24) is 0 Å². The molecule has 0 spiro atoms. The van der Waals surface area contributed by atoms with Crippen LogP contribution in [0.4, 0.5) is 11.4 Å². The van der Waals surface area contributed by atoms with Gasteiger partial charge in [0.25, 0.3) is 0 Å². The third kappa shape index (κ3) is 5.07. The van der Waals surface area contributed by atoms with Gasteiger partial charge in [-0.15, -0.1) is 0 Å². The number of hydrogen-bond acceptors (Lipinski definition) is 4. The second kappa shape index (κ2) is 8.49. The smallest absolute Gasteiger partial charge is 0.233 e. The van der Waals surface area contributed by atoms with Gasteiger partial charge in [0.2, 0.25) is 11.8 Å². The maximum atomic E-state index is 12.1. The summed E-state index contributed by atoms with van der Waals surface area (Å²) in [6, 6.07) is 9.72. The molecule has 0 heterocycles. The van der Waals surface area contributed by atoms with E-state index in [1.54, 1.807) is 43.3 Å². The van der Waals surface area contributed by atoms with Crippen LogP contribution in [0.1, 0.15) is 29.3 Å². The summed E-state index contributed by atoms with van der Waals surface area (Å²) in [6.07, 6.45) is -0.362. The van der Waals surface area contributed by atoms with Crippen LogP contribution in [-0.4, -0.2) is 24.7 Å². The number of anilines is 2. The van der Waals surface area contributed by atoms with E-state index in [0.717, 1.165) is 5.56 Å². The van der Waals surface area contributed by atoms with Gasteiger partial charge in [-0.3, -0.25) is 14.4 Å². The molecular formula is C19H19ClN2O4. The molecule has 2 amide bonds. The lowest BCUT2D eigenvalue weighted by molar-refractivity contribution is -0.123. The number of methoxy groups -OCH3 is 1. The number of halogens is 1. The number of carbonyl (C=O) groups excluding carboxylic acids is 3. The molecule has 0 aliphatic heterocycles. The van der Waals surface area contributed by atoms with E-state index in [2.05, 4.69) is 10.6 Å². The van der Waals surface area contributed by atoms with E-state index in [9.17, 15) is 14.4 Å². The number of hydrogen-bond donors (Lipinski definition) is 2. The minimum absolute atomic E-state index is 0.0607. The maximum Gasteiger partial charge on any atom is 0.233 e. The van der Waals surface area contributed by atoms with Gasteiger partial charge >= 0.3 is 0 Å². The molecule has 2 rings (SSSR count). The number of rotatable bonds is 6. The summed E-state index contributed by atoms with van der Waals surface area (Å²) in [5.74, 6) is -0.603. The largest absolute Gasteiger partial charge is 0.495 e. The fourth-order valence-corrected chi connectivity index (χ4v) is 2.42. The quantitative estimate of drug-likeness (QED) is 0.594. The van der Waals surface area contributed by atoms with Gasteiger partial charge in [0.05, 0.1) is 12.8 Å². The van der Waals surface area contributed by atoms with Crippen LogP contribution in [0.5, 0.6) is 5.75 Å². The third-order valence-corrected chi connectivity index (χ3v) is 4.06. The number of amides is 2. The van der Waals surface area contributed by atoms with Gasteiger partial charge in [-0.1, -0.05) is 11.6 Å². The van der Waals surface area contributed by atoms with Crippen LogP contribution in [0.3, 0.4) is 0 Å². The van der Waals surface area contributed by atoms with Gasteiger partial charge < -0.3 is 15.4 Å². The first-order valence-corrected chi connectivity index (χ1v) is 8.22. The van der Waals surface area contributed by atoms with E-state index in [-0.39, 0.29) is 12.2 Å². The van der Waals surface area contributed by atoms with Crippen molar-refractivity contribution in [2.75, 3.05) is 17.7 Å². The molecule has 0 atom stereocenters. The Balaban J connectivity index is 1.98. The SMILES string of the molecule is COc1cc(Cl)c(C)cc1NC(=O)CC(=O)Nc1ccc(C(C)=O)cc1. The van der Waals surface area contributed by atoms with Crippen molar-refractivity contribution >= 4 is 40.6 Å². The van der Waals surface area contributed by atoms with E-state index in [1.165, 1.54) is 14.0 Å². The summed E-state index contributed by atoms with van der Waals surface area (Å²) in [7, 11) is 1.47. The van der Waals surface area contributed by atoms with Crippen molar-refractivity contribution in [3.05, 3.63) is 52.5 Å². The highest BCUT2D eigenvalue weighted by atomic mass is 35.5. The molecule has 2 N–H and O–H groups in total. The van der Waals surface area contributed by atoms with Gasteiger partial charge in [0.15, 0.2) is 5.78 Å². The van der Waals surface area contributed by atoms with Crippen LogP contribution in [0.25, 0.3) is 0 Å². The lowest BCUT2D eigenvalue weighted by Crippen LogP contribution is -2.21. The highest BCUT2D eigenvalue weighted by Crippen LogP contribution is 2.31. The van der Waals surface area contributed by atoms with Crippen LogP contribution in [0.15, 0.2) is 36.4 Å². The molecule has 0 bridgehead atoms. The fraction of sp³-hybridized carbons (Fsp3) is 0.211. The maximum absolute atomic E-state index is 12.1. The van der Waals surface area contributed by atoms with Crippen LogP contribution in [0, 0.1) is 6.92 Å². The molecule has 0 unspecified atom stereocenters. The molecule has 7 heteroatoms. The zero-order chi connectivity index (χ0) is 19.3. The Hall–Kier alpha value is -2.86. The van der Waals surface area contributed by atoms with Crippen LogP contribution in [-0.2, 0) is 9.59 Å². The van der Waals surface area contributed by atoms with Gasteiger partial charge in [0.1, 0.15) is 12.2 Å². The third-order valence-electron chi connectivity index (χ3n) is 3.65. The van der Waals surface area contributed by atoms with Gasteiger partial charge in [-0.2, -0.15) is 0 Å². The molecule has 6 nitrogen and oxygen atoms in total. The fourth-order valence-electron chi connectivity index (χ4n) is 2.26. The number of aryl methyl sites for hydroxylation is 1. The highest BCUT2D eigenvalue weighted by Gasteiger charge is 2.14. The van der Waals surface area contributed by atoms with Gasteiger partial charge in [0, 0.05) is 22.3 Å². The number of Topliss-reactive ketones (excluding diaryl/α,β-unsaturated/α-hetero) is 1. The van der Waals surface area contributed by atoms with Crippen molar-refractivity contribution in [3.8, 4) is 5.75 Å². The summed E-state index contributed by atoms with van der Waals surface area (Å²) < 4.78 is 5.19. The lowest BCUT2D eigenvalue weighted by atomic mass is 10.1. The van der Waals surface area contributed by atoms with Crippen molar-refractivity contribution in [1.29, 1.82) is 0 Å². The van der Waals surface area contributed by atoms with Crippen molar-refractivity contribution in [2.45, 2.75) is 20.3 Å². The number of benzene rings is 2. The van der Waals surface area contributed by atoms with Crippen LogP contribution < -0.4 is 15.4 Å². The first-order chi connectivity index (χ1) is 12.3. The standard InChI is InChI=1S/C19H19ClN2O4/c1-11-8-16(17(26-3)9-15(11)20)22-19(25)10-18(24)21-14-6-4-13(5-7-14)12(2)23/h4-9H,10H2,1-3H3,(H,21,24)(H,22,25). The molecular weight excluding hydrogens is 356 g/mol. The Kier molecular flexibility index (Phi) is 6.36. The number of carbonyl (C=O) groups is 3. The van der Waals surface area contributed by atoms with E-state index in [0.29, 0.717) is 27.7 Å². The highest BCUT2D eigenvalue weighted by molar-refractivity contribution is 6.31. The average molecular weight is 375 g/mol. The molecule has 0 saturated heterocycles. The van der Waals surface area contributed by atoms with E-state index < -0.39 is 11.8 Å². The number of nitrogens with one attached hydrogen (secondary N) is 2. The molecule has 0 aliphatic carbocycles. The number of ketones is 1. The molecule has 26 heavy (non-hydrogen) atoms. The van der Waals surface area contributed by atoms with Crippen molar-refractivity contribution in [2.24, 2.45) is 0 Å². The summed E-state index contributed by atoms with van der Waals surface area (Å²) in [5.41, 5.74) is 2.27. The molecule has 0 aromatic heterocycles. The molecule has 0 aliphatic rings. The van der Waals surface area contributed by atoms with Crippen LogP contribution >= 0.6 is 11.6 Å². The Bertz CT molecular complexity index is 847. The van der Waals surface area contributed by atoms with Crippen molar-refractivity contribution < 1.29 is 19.1 Å². The monoisotopic (exact) mass is 374 g/mol. The zero-order valence-electron chi connectivity index (χ0n) is 14.7. The summed E-state index contributed by atoms with van der Waals surface area (Å²) >= 11 is 6.03. The predicted octanol–water partition coefficient (Wildman–Crippen LogP) is 3.83. The first kappa shape index (κ1) is 19.5. The van der Waals surface area contributed by atoms with Gasteiger partial charge in [-0.05, 0) is 49.7 Å². The molecule has 136 valence electrons. The minimum atomic E-state index is -0.483. The van der Waals surface area contributed by atoms with E-state index in [1.807, 2.05) is 0 Å². The topological polar surface area (TPSA) is 84.5 Å². The average Bonchev–Trinajstić information content (AvgIpc) is 2.58. The zero-order valence-corrected chi connectivity index (χ0v) is 15.4. The molecule has 0 radical (unpaired) electrons. The van der Waals surface area contributed by atoms with E-state index in [4.69, 9.17) is 16.3 Å². The summed E-state index contributed by atoms with van der Waals surface area (Å²) in [6.45, 7) is 3.26. The van der Waals surface area contributed by atoms with Crippen molar-refractivity contribution in [3.63, 3.8) is 0 Å². The predicted molar refractivity (Wildman–Crippen MR) is 101 cm³/mol. The minimum Gasteiger partial charge on any atom is -0.495 e. The molecule has 2 aromatic rings.